The number of nitrogens with two attached hydrogens (primary N) is 1. The summed E-state index contributed by atoms with van der Waals surface area (Å²) in [6.45, 7) is 3.72. The van der Waals surface area contributed by atoms with Crippen LogP contribution >= 0.6 is 0 Å². The number of carbonyl (C=O) groups excluding carboxylic acids is 2. The third-order valence-electron chi connectivity index (χ3n) is 2.73. The minimum atomic E-state index is -0.801. The summed E-state index contributed by atoms with van der Waals surface area (Å²) >= 11 is 0. The summed E-state index contributed by atoms with van der Waals surface area (Å²) in [6, 6.07) is -0.394. The predicted octanol–water partition coefficient (Wildman–Crippen LogP) is 0.441. The van der Waals surface area contributed by atoms with E-state index in [0.29, 0.717) is 12.8 Å². The Morgan fingerprint density at radius 1 is 1.21 bits per heavy atom. The van der Waals surface area contributed by atoms with E-state index >= 15 is 0 Å². The van der Waals surface area contributed by atoms with Gasteiger partial charge in [0.25, 0.3) is 0 Å². The van der Waals surface area contributed by atoms with Gasteiger partial charge >= 0.3 is 12.0 Å². The fourth-order valence-electron chi connectivity index (χ4n) is 1.50. The molecular weight excluding hydrogens is 250 g/mol. The molecule has 2 atom stereocenters. The van der Waals surface area contributed by atoms with Gasteiger partial charge in [0.15, 0.2) is 0 Å². The summed E-state index contributed by atoms with van der Waals surface area (Å²) < 4.78 is 0. The van der Waals surface area contributed by atoms with E-state index in [1.165, 1.54) is 0 Å². The van der Waals surface area contributed by atoms with Crippen molar-refractivity contribution in [2.75, 3.05) is 6.54 Å². The van der Waals surface area contributed by atoms with Gasteiger partial charge < -0.3 is 21.5 Å². The van der Waals surface area contributed by atoms with Crippen molar-refractivity contribution >= 4 is 17.9 Å². The van der Waals surface area contributed by atoms with Gasteiger partial charge in [-0.15, -0.1) is 0 Å². The molecule has 0 fully saturated rings. The zero-order valence-corrected chi connectivity index (χ0v) is 11.4. The Bertz CT molecular complexity index is 320. The van der Waals surface area contributed by atoms with Crippen LogP contribution in [0.1, 0.15) is 39.5 Å². The number of carboxylic acid groups (broad SMARTS) is 1. The highest BCUT2D eigenvalue weighted by Crippen LogP contribution is 2.09. The van der Waals surface area contributed by atoms with Crippen LogP contribution in [0.4, 0.5) is 4.79 Å². The summed E-state index contributed by atoms with van der Waals surface area (Å²) in [5.74, 6) is -1.63. The average Bonchev–Trinajstić information content (AvgIpc) is 2.27. The number of hydrogen-bond donors (Lipinski definition) is 4. The molecule has 0 aliphatic carbocycles. The van der Waals surface area contributed by atoms with E-state index in [1.807, 2.05) is 6.92 Å². The van der Waals surface area contributed by atoms with Gasteiger partial charge in [0.05, 0.1) is 5.92 Å². The summed E-state index contributed by atoms with van der Waals surface area (Å²) in [5, 5.41) is 13.9. The van der Waals surface area contributed by atoms with E-state index < -0.39 is 11.9 Å². The molecule has 7 heteroatoms. The van der Waals surface area contributed by atoms with Gasteiger partial charge in [-0.05, 0) is 19.8 Å². The Labute approximate surface area is 112 Å². The molecule has 0 bridgehead atoms. The first-order valence-corrected chi connectivity index (χ1v) is 6.38. The number of hydrogen-bond acceptors (Lipinski definition) is 3. The molecule has 0 aliphatic heterocycles. The molecule has 0 aromatic heterocycles. The van der Waals surface area contributed by atoms with E-state index in [-0.39, 0.29) is 31.0 Å². The monoisotopic (exact) mass is 273 g/mol. The summed E-state index contributed by atoms with van der Waals surface area (Å²) in [4.78, 5) is 32.4. The molecule has 0 radical (unpaired) electrons. The zero-order chi connectivity index (χ0) is 14.8. The molecule has 5 N–H and O–H groups in total. The van der Waals surface area contributed by atoms with Crippen molar-refractivity contribution in [2.45, 2.75) is 45.6 Å². The van der Waals surface area contributed by atoms with Gasteiger partial charge in [0.2, 0.25) is 5.91 Å². The Hall–Kier alpha value is -1.79. The van der Waals surface area contributed by atoms with Crippen molar-refractivity contribution in [2.24, 2.45) is 11.7 Å². The lowest BCUT2D eigenvalue weighted by Gasteiger charge is -2.15. The second-order valence-electron chi connectivity index (χ2n) is 4.69. The molecule has 0 spiro atoms. The van der Waals surface area contributed by atoms with E-state index in [4.69, 9.17) is 10.8 Å². The fourth-order valence-corrected chi connectivity index (χ4v) is 1.50. The van der Waals surface area contributed by atoms with Crippen LogP contribution in [0.5, 0.6) is 0 Å². The molecule has 2 unspecified atom stereocenters. The highest BCUT2D eigenvalue weighted by atomic mass is 16.4. The maximum Gasteiger partial charge on any atom is 0.315 e. The van der Waals surface area contributed by atoms with Gasteiger partial charge in [-0.2, -0.15) is 0 Å². The van der Waals surface area contributed by atoms with E-state index in [2.05, 4.69) is 10.6 Å². The Kier molecular flexibility index (Phi) is 8.32. The maximum atomic E-state index is 11.4. The molecule has 0 saturated carbocycles. The van der Waals surface area contributed by atoms with E-state index in [9.17, 15) is 14.4 Å². The minimum absolute atomic E-state index is 0.0467. The van der Waals surface area contributed by atoms with Crippen molar-refractivity contribution in [3.05, 3.63) is 0 Å². The predicted molar refractivity (Wildman–Crippen MR) is 70.5 cm³/mol. The van der Waals surface area contributed by atoms with Crippen LogP contribution in [0.15, 0.2) is 0 Å². The summed E-state index contributed by atoms with van der Waals surface area (Å²) in [6.07, 6.45) is 2.14. The third-order valence-corrected chi connectivity index (χ3v) is 2.73. The fraction of sp³-hybridized carbons (Fsp3) is 0.750. The van der Waals surface area contributed by atoms with Crippen molar-refractivity contribution in [1.29, 1.82) is 0 Å². The van der Waals surface area contributed by atoms with Crippen molar-refractivity contribution in [1.82, 2.24) is 10.6 Å². The Morgan fingerprint density at radius 2 is 1.84 bits per heavy atom. The molecule has 110 valence electrons. The highest BCUT2D eigenvalue weighted by molar-refractivity contribution is 5.77. The number of rotatable bonds is 9. The zero-order valence-electron chi connectivity index (χ0n) is 11.4. The summed E-state index contributed by atoms with van der Waals surface area (Å²) in [5.41, 5.74) is 4.94. The first kappa shape index (κ1) is 17.2. The van der Waals surface area contributed by atoms with Crippen LogP contribution in [0, 0.1) is 5.92 Å². The molecule has 19 heavy (non-hydrogen) atoms. The Balaban J connectivity index is 3.67. The van der Waals surface area contributed by atoms with Gasteiger partial charge in [0, 0.05) is 19.0 Å². The molecule has 0 rings (SSSR count). The van der Waals surface area contributed by atoms with Crippen molar-refractivity contribution in [3.63, 3.8) is 0 Å². The quantitative estimate of drug-likeness (QED) is 0.487. The largest absolute Gasteiger partial charge is 0.481 e. The van der Waals surface area contributed by atoms with E-state index in [0.717, 1.165) is 6.42 Å². The molecule has 0 aromatic carbocycles. The molecule has 0 saturated heterocycles. The molecule has 0 aromatic rings. The van der Waals surface area contributed by atoms with Crippen LogP contribution in [-0.2, 0) is 9.59 Å². The van der Waals surface area contributed by atoms with Crippen LogP contribution in [-0.4, -0.2) is 35.6 Å². The lowest BCUT2D eigenvalue weighted by atomic mass is 10.0. The third kappa shape index (κ3) is 9.87. The normalized spacial score (nSPS) is 13.4. The number of nitrogens with one attached hydrogen (secondary N) is 2. The first-order valence-electron chi connectivity index (χ1n) is 6.38. The van der Waals surface area contributed by atoms with Gasteiger partial charge in [-0.1, -0.05) is 13.3 Å². The van der Waals surface area contributed by atoms with Gasteiger partial charge in [-0.25, -0.2) is 4.79 Å². The van der Waals surface area contributed by atoms with Crippen LogP contribution in [0.3, 0.4) is 0 Å². The lowest BCUT2D eigenvalue weighted by Crippen LogP contribution is -2.41. The van der Waals surface area contributed by atoms with Crippen molar-refractivity contribution < 1.29 is 19.5 Å². The average molecular weight is 273 g/mol. The molecule has 0 heterocycles. The Morgan fingerprint density at radius 3 is 2.37 bits per heavy atom. The molecule has 7 nitrogen and oxygen atoms in total. The standard InChI is InChI=1S/C12H23N3O4/c1-8(11(17)18)4-3-5-9(2)15-12(19)14-7-6-10(13)16/h8-9H,3-7H2,1-2H3,(H2,13,16)(H,17,18)(H2,14,15,19). The minimum Gasteiger partial charge on any atom is -0.481 e. The number of carbonyl (C=O) groups is 3. The summed E-state index contributed by atoms with van der Waals surface area (Å²) in [7, 11) is 0. The lowest BCUT2D eigenvalue weighted by molar-refractivity contribution is -0.141. The van der Waals surface area contributed by atoms with E-state index in [1.54, 1.807) is 6.92 Å². The topological polar surface area (TPSA) is 122 Å². The smallest absolute Gasteiger partial charge is 0.315 e. The highest BCUT2D eigenvalue weighted by Gasteiger charge is 2.12. The van der Waals surface area contributed by atoms with Crippen LogP contribution in [0.25, 0.3) is 0 Å². The van der Waals surface area contributed by atoms with Gasteiger partial charge in [-0.3, -0.25) is 9.59 Å². The van der Waals surface area contributed by atoms with Crippen molar-refractivity contribution in [3.8, 4) is 0 Å². The maximum absolute atomic E-state index is 11.4. The molecule has 3 amide bonds. The second kappa shape index (κ2) is 9.18. The SMILES string of the molecule is CC(CCCC(C)C(=O)O)NC(=O)NCCC(N)=O. The molecular formula is C12H23N3O4. The second-order valence-corrected chi connectivity index (χ2v) is 4.69. The number of primary amides is 1. The molecule has 0 aliphatic rings. The van der Waals surface area contributed by atoms with Gasteiger partial charge in [0.1, 0.15) is 0 Å². The first-order chi connectivity index (χ1) is 8.82. The number of urea groups is 1. The van der Waals surface area contributed by atoms with Crippen LogP contribution in [0.2, 0.25) is 0 Å². The number of amides is 3. The number of carboxylic acids is 1. The van der Waals surface area contributed by atoms with Crippen LogP contribution < -0.4 is 16.4 Å². The number of aliphatic carboxylic acids is 1.